The average molecular weight is 309 g/mol. The highest BCUT2D eigenvalue weighted by atomic mass is 16.2. The maximum atomic E-state index is 12.3. The number of carbonyl (C=O) groups is 1. The number of fused-ring (bicyclic) bond motifs is 1. The molecule has 1 heterocycles. The van der Waals surface area contributed by atoms with Crippen LogP contribution in [0.5, 0.6) is 0 Å². The van der Waals surface area contributed by atoms with Gasteiger partial charge in [0.1, 0.15) is 0 Å². The molecule has 0 atom stereocenters. The Balaban J connectivity index is 1.75. The van der Waals surface area contributed by atoms with Crippen molar-refractivity contribution in [3.8, 4) is 0 Å². The summed E-state index contributed by atoms with van der Waals surface area (Å²) in [6.07, 6.45) is 0.252. The molecule has 0 aliphatic heterocycles. The third kappa shape index (κ3) is 3.04. The largest absolute Gasteiger partial charge is 0.328 e. The highest BCUT2D eigenvalue weighted by Crippen LogP contribution is 2.13. The molecule has 1 N–H and O–H groups in total. The lowest BCUT2D eigenvalue weighted by atomic mass is 10.2. The van der Waals surface area contributed by atoms with Gasteiger partial charge in [0.2, 0.25) is 5.91 Å². The van der Waals surface area contributed by atoms with Gasteiger partial charge in [0.15, 0.2) is 0 Å². The van der Waals surface area contributed by atoms with Crippen LogP contribution < -0.4 is 11.0 Å². The van der Waals surface area contributed by atoms with E-state index in [9.17, 15) is 9.59 Å². The molecular weight excluding hydrogens is 290 g/mol. The van der Waals surface area contributed by atoms with Crippen molar-refractivity contribution in [1.29, 1.82) is 0 Å². The molecule has 0 saturated carbocycles. The van der Waals surface area contributed by atoms with Crippen LogP contribution in [0.1, 0.15) is 12.0 Å². The smallest absolute Gasteiger partial charge is 0.326 e. The highest BCUT2D eigenvalue weighted by Gasteiger charge is 2.11. The lowest BCUT2D eigenvalue weighted by Gasteiger charge is -2.07. The van der Waals surface area contributed by atoms with Crippen LogP contribution in [0, 0.1) is 6.92 Å². The van der Waals surface area contributed by atoms with Gasteiger partial charge in [0, 0.05) is 25.7 Å². The van der Waals surface area contributed by atoms with Crippen LogP contribution in [0.15, 0.2) is 53.3 Å². The van der Waals surface area contributed by atoms with Crippen molar-refractivity contribution in [2.24, 2.45) is 7.05 Å². The maximum absolute atomic E-state index is 12.3. The lowest BCUT2D eigenvalue weighted by molar-refractivity contribution is -0.116. The Morgan fingerprint density at radius 3 is 2.57 bits per heavy atom. The number of aromatic nitrogens is 2. The van der Waals surface area contributed by atoms with Gasteiger partial charge in [0.05, 0.1) is 11.0 Å². The Hall–Kier alpha value is -2.82. The number of hydrogen-bond donors (Lipinski definition) is 1. The van der Waals surface area contributed by atoms with Gasteiger partial charge in [-0.1, -0.05) is 24.3 Å². The molecule has 3 rings (SSSR count). The Morgan fingerprint density at radius 2 is 1.83 bits per heavy atom. The van der Waals surface area contributed by atoms with Crippen LogP contribution in [0.3, 0.4) is 0 Å². The van der Waals surface area contributed by atoms with E-state index in [1.165, 1.54) is 0 Å². The Labute approximate surface area is 134 Å². The highest BCUT2D eigenvalue weighted by molar-refractivity contribution is 5.90. The first-order chi connectivity index (χ1) is 11.1. The number of hydrogen-bond acceptors (Lipinski definition) is 2. The zero-order valence-electron chi connectivity index (χ0n) is 13.2. The minimum Gasteiger partial charge on any atom is -0.326 e. The molecule has 2 aromatic carbocycles. The molecule has 0 bridgehead atoms. The number of benzene rings is 2. The topological polar surface area (TPSA) is 56.0 Å². The maximum Gasteiger partial charge on any atom is 0.328 e. The van der Waals surface area contributed by atoms with E-state index < -0.39 is 0 Å². The molecular formula is C18H19N3O2. The predicted molar refractivity (Wildman–Crippen MR) is 91.6 cm³/mol. The van der Waals surface area contributed by atoms with Crippen molar-refractivity contribution in [3.63, 3.8) is 0 Å². The van der Waals surface area contributed by atoms with E-state index in [0.717, 1.165) is 22.3 Å². The van der Waals surface area contributed by atoms with Gasteiger partial charge in [-0.3, -0.25) is 13.9 Å². The summed E-state index contributed by atoms with van der Waals surface area (Å²) in [5.74, 6) is -0.101. The van der Waals surface area contributed by atoms with Gasteiger partial charge in [-0.05, 0) is 36.8 Å². The van der Waals surface area contributed by atoms with Crippen molar-refractivity contribution >= 4 is 22.6 Å². The summed E-state index contributed by atoms with van der Waals surface area (Å²) in [6, 6.07) is 15.2. The first-order valence-corrected chi connectivity index (χ1v) is 7.57. The lowest BCUT2D eigenvalue weighted by Crippen LogP contribution is -2.24. The SMILES string of the molecule is Cc1cccc(NC(=O)CCn2c(=O)n(C)c3ccccc32)c1. The quantitative estimate of drug-likeness (QED) is 0.805. The van der Waals surface area contributed by atoms with Crippen molar-refractivity contribution in [3.05, 3.63) is 64.6 Å². The minimum absolute atomic E-state index is 0.101. The molecule has 0 spiro atoms. The fraction of sp³-hybridized carbons (Fsp3) is 0.222. The molecule has 0 aliphatic carbocycles. The van der Waals surface area contributed by atoms with Gasteiger partial charge in [-0.25, -0.2) is 4.79 Å². The minimum atomic E-state index is -0.102. The Bertz CT molecular complexity index is 921. The van der Waals surface area contributed by atoms with E-state index >= 15 is 0 Å². The van der Waals surface area contributed by atoms with E-state index in [0.29, 0.717) is 6.54 Å². The van der Waals surface area contributed by atoms with Crippen LogP contribution >= 0.6 is 0 Å². The molecule has 1 aromatic heterocycles. The molecule has 0 radical (unpaired) electrons. The molecule has 23 heavy (non-hydrogen) atoms. The number of imidazole rings is 1. The monoisotopic (exact) mass is 309 g/mol. The van der Waals surface area contributed by atoms with Gasteiger partial charge < -0.3 is 5.32 Å². The van der Waals surface area contributed by atoms with E-state index in [4.69, 9.17) is 0 Å². The summed E-state index contributed by atoms with van der Waals surface area (Å²) >= 11 is 0. The number of anilines is 1. The molecule has 0 saturated heterocycles. The van der Waals surface area contributed by atoms with Crippen LogP contribution in [0.4, 0.5) is 5.69 Å². The van der Waals surface area contributed by atoms with Crippen LogP contribution in [0.2, 0.25) is 0 Å². The van der Waals surface area contributed by atoms with Gasteiger partial charge in [-0.2, -0.15) is 0 Å². The second kappa shape index (κ2) is 6.12. The molecule has 5 heteroatoms. The zero-order chi connectivity index (χ0) is 16.4. The first-order valence-electron chi connectivity index (χ1n) is 7.57. The number of rotatable bonds is 4. The molecule has 0 aliphatic rings. The third-order valence-electron chi connectivity index (χ3n) is 3.92. The molecule has 0 unspecified atom stereocenters. The fourth-order valence-corrected chi connectivity index (χ4v) is 2.74. The van der Waals surface area contributed by atoms with Gasteiger partial charge in [-0.15, -0.1) is 0 Å². The van der Waals surface area contributed by atoms with Gasteiger partial charge >= 0.3 is 5.69 Å². The van der Waals surface area contributed by atoms with Gasteiger partial charge in [0.25, 0.3) is 0 Å². The second-order valence-corrected chi connectivity index (χ2v) is 5.65. The van der Waals surface area contributed by atoms with Crippen LogP contribution in [-0.4, -0.2) is 15.0 Å². The fourth-order valence-electron chi connectivity index (χ4n) is 2.74. The van der Waals surface area contributed by atoms with Crippen molar-refractivity contribution < 1.29 is 4.79 Å². The van der Waals surface area contributed by atoms with Crippen molar-refractivity contribution in [2.75, 3.05) is 5.32 Å². The van der Waals surface area contributed by atoms with Crippen molar-refractivity contribution in [1.82, 2.24) is 9.13 Å². The standard InChI is InChI=1S/C18H19N3O2/c1-13-6-5-7-14(12-13)19-17(22)10-11-21-16-9-4-3-8-15(16)20(2)18(21)23/h3-9,12H,10-11H2,1-2H3,(H,19,22). The predicted octanol–water partition coefficient (Wildman–Crippen LogP) is 2.68. The summed E-state index contributed by atoms with van der Waals surface area (Å²) in [4.78, 5) is 24.4. The first kappa shape index (κ1) is 15.1. The number of amides is 1. The molecule has 3 aromatic rings. The Kier molecular flexibility index (Phi) is 4.02. The molecule has 118 valence electrons. The van der Waals surface area contributed by atoms with Crippen molar-refractivity contribution in [2.45, 2.75) is 19.9 Å². The van der Waals surface area contributed by atoms with E-state index in [1.807, 2.05) is 55.5 Å². The zero-order valence-corrected chi connectivity index (χ0v) is 13.2. The Morgan fingerprint density at radius 1 is 1.09 bits per heavy atom. The third-order valence-corrected chi connectivity index (χ3v) is 3.92. The van der Waals surface area contributed by atoms with E-state index in [2.05, 4.69) is 5.32 Å². The second-order valence-electron chi connectivity index (χ2n) is 5.65. The van der Waals surface area contributed by atoms with Crippen LogP contribution in [-0.2, 0) is 18.4 Å². The molecule has 1 amide bonds. The molecule has 5 nitrogen and oxygen atoms in total. The number of carbonyl (C=O) groups excluding carboxylic acids is 1. The normalized spacial score (nSPS) is 10.9. The average Bonchev–Trinajstić information content (AvgIpc) is 2.77. The molecule has 0 fully saturated rings. The number of aryl methyl sites for hydroxylation is 3. The summed E-state index contributed by atoms with van der Waals surface area (Å²) in [7, 11) is 1.74. The number of nitrogens with zero attached hydrogens (tertiary/aromatic N) is 2. The van der Waals surface area contributed by atoms with Crippen LogP contribution in [0.25, 0.3) is 11.0 Å². The number of para-hydroxylation sites is 2. The summed E-state index contributed by atoms with van der Waals surface area (Å²) in [5.41, 5.74) is 3.49. The summed E-state index contributed by atoms with van der Waals surface area (Å²) < 4.78 is 3.25. The summed E-state index contributed by atoms with van der Waals surface area (Å²) in [5, 5.41) is 2.87. The van der Waals surface area contributed by atoms with E-state index in [1.54, 1.807) is 16.2 Å². The summed E-state index contributed by atoms with van der Waals surface area (Å²) in [6.45, 7) is 2.34. The number of nitrogens with one attached hydrogen (secondary N) is 1. The van der Waals surface area contributed by atoms with E-state index in [-0.39, 0.29) is 18.0 Å².